The number of benzene rings is 1. The minimum absolute atomic E-state index is 0.500. The van der Waals surface area contributed by atoms with Crippen LogP contribution in [-0.4, -0.2) is 11.6 Å². The Morgan fingerprint density at radius 1 is 1.35 bits per heavy atom. The molecule has 0 fully saturated rings. The van der Waals surface area contributed by atoms with Crippen molar-refractivity contribution in [2.45, 2.75) is 6.54 Å². The van der Waals surface area contributed by atoms with Crippen molar-refractivity contribution in [1.82, 2.24) is 4.57 Å². The first-order valence-electron chi connectivity index (χ1n) is 6.29. The van der Waals surface area contributed by atoms with Gasteiger partial charge < -0.3 is 15.6 Å². The van der Waals surface area contributed by atoms with E-state index in [1.165, 1.54) is 0 Å². The number of rotatable bonds is 3. The van der Waals surface area contributed by atoms with Crippen molar-refractivity contribution in [2.75, 3.05) is 18.1 Å². The predicted octanol–water partition coefficient (Wildman–Crippen LogP) is 1.62. The Labute approximate surface area is 118 Å². The standard InChI is InChI=1S/C15H17N5/c1-18-13-8-14(17)20(2)15(12(13)9-16)19-10-11-6-4-3-5-7-11/h3-8,18H,10,17H2,1-2H3/b19-15-. The number of hydrogen-bond donors (Lipinski definition) is 2. The lowest BCUT2D eigenvalue weighted by molar-refractivity contribution is 0.809. The zero-order chi connectivity index (χ0) is 14.5. The third kappa shape index (κ3) is 2.64. The number of aromatic nitrogens is 1. The van der Waals surface area contributed by atoms with Crippen LogP contribution < -0.4 is 16.5 Å². The van der Waals surface area contributed by atoms with Gasteiger partial charge in [-0.05, 0) is 5.56 Å². The van der Waals surface area contributed by atoms with Gasteiger partial charge >= 0.3 is 0 Å². The number of hydrogen-bond acceptors (Lipinski definition) is 4. The molecule has 0 spiro atoms. The van der Waals surface area contributed by atoms with E-state index in [2.05, 4.69) is 16.4 Å². The van der Waals surface area contributed by atoms with Crippen LogP contribution in [0.4, 0.5) is 11.5 Å². The number of nitrogens with two attached hydrogens (primary N) is 1. The summed E-state index contributed by atoms with van der Waals surface area (Å²) in [6.07, 6.45) is 0. The Morgan fingerprint density at radius 2 is 2.05 bits per heavy atom. The highest BCUT2D eigenvalue weighted by atomic mass is 15.1. The number of nitrogen functional groups attached to an aromatic ring is 1. The van der Waals surface area contributed by atoms with Gasteiger partial charge in [0.2, 0.25) is 0 Å². The van der Waals surface area contributed by atoms with Crippen molar-refractivity contribution >= 4 is 11.5 Å². The molecule has 5 heteroatoms. The molecule has 0 aliphatic carbocycles. The van der Waals surface area contributed by atoms with Crippen molar-refractivity contribution in [3.8, 4) is 6.07 Å². The minimum atomic E-state index is 0.500. The van der Waals surface area contributed by atoms with Gasteiger partial charge in [-0.3, -0.25) is 4.99 Å². The molecule has 5 nitrogen and oxygen atoms in total. The Hall–Kier alpha value is -2.74. The van der Waals surface area contributed by atoms with E-state index < -0.39 is 0 Å². The Bertz CT molecular complexity index is 708. The van der Waals surface area contributed by atoms with Gasteiger partial charge in [0.1, 0.15) is 22.9 Å². The molecule has 1 heterocycles. The molecule has 1 aromatic heterocycles. The summed E-state index contributed by atoms with van der Waals surface area (Å²) in [5.41, 5.74) is 8.80. The van der Waals surface area contributed by atoms with Crippen LogP contribution in [0.2, 0.25) is 0 Å². The molecule has 0 atom stereocenters. The number of pyridine rings is 1. The third-order valence-electron chi connectivity index (χ3n) is 3.13. The molecule has 2 rings (SSSR count). The first-order valence-corrected chi connectivity index (χ1v) is 6.29. The van der Waals surface area contributed by atoms with Crippen molar-refractivity contribution in [1.29, 1.82) is 5.26 Å². The molecule has 0 radical (unpaired) electrons. The zero-order valence-electron chi connectivity index (χ0n) is 11.6. The van der Waals surface area contributed by atoms with Gasteiger partial charge in [-0.1, -0.05) is 30.3 Å². The maximum Gasteiger partial charge on any atom is 0.149 e. The van der Waals surface area contributed by atoms with Crippen LogP contribution in [-0.2, 0) is 13.6 Å². The summed E-state index contributed by atoms with van der Waals surface area (Å²) in [6.45, 7) is 0.510. The van der Waals surface area contributed by atoms with Gasteiger partial charge in [-0.25, -0.2) is 0 Å². The molecule has 20 heavy (non-hydrogen) atoms. The summed E-state index contributed by atoms with van der Waals surface area (Å²) < 4.78 is 1.72. The topological polar surface area (TPSA) is 79.1 Å². The van der Waals surface area contributed by atoms with E-state index in [0.717, 1.165) is 5.56 Å². The lowest BCUT2D eigenvalue weighted by Crippen LogP contribution is -2.25. The summed E-state index contributed by atoms with van der Waals surface area (Å²) in [5, 5.41) is 12.3. The predicted molar refractivity (Wildman–Crippen MR) is 79.8 cm³/mol. The van der Waals surface area contributed by atoms with E-state index in [1.807, 2.05) is 30.3 Å². The summed E-state index contributed by atoms with van der Waals surface area (Å²) in [5.74, 6) is 0.556. The van der Waals surface area contributed by atoms with Crippen LogP contribution in [0.3, 0.4) is 0 Å². The summed E-state index contributed by atoms with van der Waals surface area (Å²) in [4.78, 5) is 4.54. The average molecular weight is 267 g/mol. The maximum absolute atomic E-state index is 9.34. The lowest BCUT2D eigenvalue weighted by atomic mass is 10.2. The second-order valence-electron chi connectivity index (χ2n) is 4.40. The molecule has 3 N–H and O–H groups in total. The molecule has 0 saturated carbocycles. The fourth-order valence-corrected chi connectivity index (χ4v) is 1.97. The van der Waals surface area contributed by atoms with Crippen LogP contribution >= 0.6 is 0 Å². The monoisotopic (exact) mass is 267 g/mol. The highest BCUT2D eigenvalue weighted by Gasteiger charge is 2.08. The van der Waals surface area contributed by atoms with Crippen molar-refractivity contribution in [3.63, 3.8) is 0 Å². The van der Waals surface area contributed by atoms with Crippen LogP contribution in [0.1, 0.15) is 11.1 Å². The molecule has 0 aliphatic rings. The average Bonchev–Trinajstić information content (AvgIpc) is 2.49. The molecule has 0 amide bonds. The quantitative estimate of drug-likeness (QED) is 0.887. The van der Waals surface area contributed by atoms with E-state index in [4.69, 9.17) is 5.73 Å². The molecule has 0 unspecified atom stereocenters. The number of nitrogens with one attached hydrogen (secondary N) is 1. The first kappa shape index (κ1) is 13.7. The van der Waals surface area contributed by atoms with Gasteiger partial charge in [0.25, 0.3) is 0 Å². The summed E-state index contributed by atoms with van der Waals surface area (Å²) in [7, 11) is 3.57. The minimum Gasteiger partial charge on any atom is -0.387 e. The highest BCUT2D eigenvalue weighted by molar-refractivity contribution is 5.60. The van der Waals surface area contributed by atoms with Crippen LogP contribution in [0, 0.1) is 11.3 Å². The lowest BCUT2D eigenvalue weighted by Gasteiger charge is -2.11. The van der Waals surface area contributed by atoms with Gasteiger partial charge in [-0.15, -0.1) is 0 Å². The second-order valence-corrected chi connectivity index (χ2v) is 4.40. The van der Waals surface area contributed by atoms with Gasteiger partial charge in [0, 0.05) is 20.2 Å². The van der Waals surface area contributed by atoms with E-state index >= 15 is 0 Å². The Morgan fingerprint density at radius 3 is 2.65 bits per heavy atom. The maximum atomic E-state index is 9.34. The van der Waals surface area contributed by atoms with Gasteiger partial charge in [0.15, 0.2) is 0 Å². The molecule has 102 valence electrons. The van der Waals surface area contributed by atoms with Crippen molar-refractivity contribution in [3.05, 3.63) is 53.0 Å². The van der Waals surface area contributed by atoms with E-state index in [1.54, 1.807) is 24.7 Å². The highest BCUT2D eigenvalue weighted by Crippen LogP contribution is 2.13. The van der Waals surface area contributed by atoms with Gasteiger partial charge in [0.05, 0.1) is 12.2 Å². The van der Waals surface area contributed by atoms with Crippen LogP contribution in [0.25, 0.3) is 0 Å². The van der Waals surface area contributed by atoms with E-state index in [-0.39, 0.29) is 0 Å². The van der Waals surface area contributed by atoms with Gasteiger partial charge in [-0.2, -0.15) is 5.26 Å². The summed E-state index contributed by atoms with van der Waals surface area (Å²) >= 11 is 0. The van der Waals surface area contributed by atoms with Crippen LogP contribution in [0.5, 0.6) is 0 Å². The number of nitriles is 1. The summed E-state index contributed by atoms with van der Waals surface area (Å²) in [6, 6.07) is 13.8. The fraction of sp³-hybridized carbons (Fsp3) is 0.200. The van der Waals surface area contributed by atoms with Crippen molar-refractivity contribution in [2.24, 2.45) is 12.0 Å². The molecule has 0 bridgehead atoms. The molecule has 2 aromatic rings. The fourth-order valence-electron chi connectivity index (χ4n) is 1.97. The molecular formula is C15H17N5. The SMILES string of the molecule is CNc1cc(N)n(C)/c(=N\Cc2ccccc2)c1C#N. The third-order valence-corrected chi connectivity index (χ3v) is 3.13. The number of nitrogens with zero attached hydrogens (tertiary/aromatic N) is 3. The smallest absolute Gasteiger partial charge is 0.149 e. The van der Waals surface area contributed by atoms with E-state index in [9.17, 15) is 5.26 Å². The molecule has 0 aliphatic heterocycles. The second kappa shape index (κ2) is 5.93. The van der Waals surface area contributed by atoms with E-state index in [0.29, 0.717) is 29.1 Å². The Kier molecular flexibility index (Phi) is 4.06. The Balaban J connectivity index is 2.55. The van der Waals surface area contributed by atoms with Crippen molar-refractivity contribution < 1.29 is 0 Å². The molecule has 0 saturated heterocycles. The molecular weight excluding hydrogens is 250 g/mol. The van der Waals surface area contributed by atoms with Crippen LogP contribution in [0.15, 0.2) is 41.4 Å². The number of anilines is 2. The first-order chi connectivity index (χ1) is 9.67. The zero-order valence-corrected chi connectivity index (χ0v) is 11.6. The largest absolute Gasteiger partial charge is 0.387 e. The molecule has 1 aromatic carbocycles. The normalized spacial score (nSPS) is 11.2.